The van der Waals surface area contributed by atoms with Crippen LogP contribution in [0, 0.1) is 0 Å². The highest BCUT2D eigenvalue weighted by Gasteiger charge is 2.23. The van der Waals surface area contributed by atoms with Gasteiger partial charge in [0.1, 0.15) is 17.6 Å². The van der Waals surface area contributed by atoms with Crippen molar-refractivity contribution in [2.24, 2.45) is 0 Å². The van der Waals surface area contributed by atoms with Crippen LogP contribution in [-0.4, -0.2) is 31.2 Å². The lowest BCUT2D eigenvalue weighted by Crippen LogP contribution is -2.37. The van der Waals surface area contributed by atoms with Gasteiger partial charge in [0, 0.05) is 12.5 Å². The van der Waals surface area contributed by atoms with Crippen LogP contribution in [-0.2, 0) is 11.2 Å². The first-order chi connectivity index (χ1) is 12.6. The molecule has 2 aromatic carbocycles. The van der Waals surface area contributed by atoms with E-state index < -0.39 is 6.03 Å². The number of halogens is 1. The summed E-state index contributed by atoms with van der Waals surface area (Å²) < 4.78 is 11.1. The Labute approximate surface area is 154 Å². The maximum atomic E-state index is 12.2. The van der Waals surface area contributed by atoms with Crippen LogP contribution in [0.2, 0.25) is 5.02 Å². The predicted octanol–water partition coefficient (Wildman–Crippen LogP) is 2.80. The van der Waals surface area contributed by atoms with Crippen LogP contribution < -0.4 is 25.4 Å². The Balaban J connectivity index is 1.35. The van der Waals surface area contributed by atoms with Gasteiger partial charge in [-0.05, 0) is 17.7 Å². The molecule has 3 N–H and O–H groups in total. The summed E-state index contributed by atoms with van der Waals surface area (Å²) in [6.07, 6.45) is 0.652. The molecule has 2 aromatic rings. The molecular formula is C18H16ClN3O4. The van der Waals surface area contributed by atoms with Crippen molar-refractivity contribution in [3.8, 4) is 11.5 Å². The molecule has 0 saturated heterocycles. The highest BCUT2D eigenvalue weighted by Crippen LogP contribution is 2.36. The summed E-state index contributed by atoms with van der Waals surface area (Å²) in [4.78, 5) is 23.5. The van der Waals surface area contributed by atoms with Crippen LogP contribution in [0.3, 0.4) is 0 Å². The van der Waals surface area contributed by atoms with Crippen molar-refractivity contribution in [2.45, 2.75) is 12.5 Å². The minimum atomic E-state index is -0.397. The summed E-state index contributed by atoms with van der Waals surface area (Å²) in [5.74, 6) is 1.07. The second kappa shape index (κ2) is 6.76. The van der Waals surface area contributed by atoms with Crippen LogP contribution in [0.25, 0.3) is 0 Å². The maximum Gasteiger partial charge on any atom is 0.319 e. The van der Waals surface area contributed by atoms with E-state index in [0.29, 0.717) is 28.7 Å². The molecule has 8 heteroatoms. The molecule has 0 aromatic heterocycles. The molecule has 1 unspecified atom stereocenters. The fourth-order valence-electron chi connectivity index (χ4n) is 2.94. The molecule has 7 nitrogen and oxygen atoms in total. The monoisotopic (exact) mass is 373 g/mol. The van der Waals surface area contributed by atoms with Crippen molar-refractivity contribution in [3.05, 3.63) is 47.0 Å². The van der Waals surface area contributed by atoms with E-state index in [-0.39, 0.29) is 18.6 Å². The summed E-state index contributed by atoms with van der Waals surface area (Å²) in [6, 6.07) is 10.5. The third-order valence-electron chi connectivity index (χ3n) is 4.15. The van der Waals surface area contributed by atoms with Crippen LogP contribution in [0.1, 0.15) is 5.56 Å². The summed E-state index contributed by atoms with van der Waals surface area (Å²) >= 11 is 6.17. The molecule has 2 aliphatic rings. The lowest BCUT2D eigenvalue weighted by atomic mass is 10.1. The first kappa shape index (κ1) is 16.5. The predicted molar refractivity (Wildman–Crippen MR) is 97.2 cm³/mol. The topological polar surface area (TPSA) is 88.7 Å². The number of ether oxygens (including phenoxy) is 2. The molecule has 134 valence electrons. The Morgan fingerprint density at radius 3 is 2.96 bits per heavy atom. The van der Waals surface area contributed by atoms with E-state index in [1.165, 1.54) is 0 Å². The standard InChI is InChI=1S/C18H16ClN3O4/c19-12-6-14-16(25-9-17(23)21-14)7-13(12)22-18(24)20-8-11-5-10-3-1-2-4-15(10)26-11/h1-4,6-7,11H,5,8-9H2,(H,21,23)(H2,20,22,24). The highest BCUT2D eigenvalue weighted by atomic mass is 35.5. The fourth-order valence-corrected chi connectivity index (χ4v) is 3.15. The number of amides is 3. The van der Waals surface area contributed by atoms with Crippen LogP contribution >= 0.6 is 11.6 Å². The molecular weight excluding hydrogens is 358 g/mol. The van der Waals surface area contributed by atoms with Gasteiger partial charge in [0.05, 0.1) is 22.9 Å². The lowest BCUT2D eigenvalue weighted by Gasteiger charge is -2.20. The van der Waals surface area contributed by atoms with Gasteiger partial charge in [-0.2, -0.15) is 0 Å². The maximum absolute atomic E-state index is 12.2. The zero-order valence-electron chi connectivity index (χ0n) is 13.7. The van der Waals surface area contributed by atoms with Crippen LogP contribution in [0.4, 0.5) is 16.2 Å². The molecule has 0 bridgehead atoms. The van der Waals surface area contributed by atoms with Gasteiger partial charge in [-0.1, -0.05) is 29.8 Å². The number of fused-ring (bicyclic) bond motifs is 2. The van der Waals surface area contributed by atoms with Crippen molar-refractivity contribution in [2.75, 3.05) is 23.8 Å². The molecule has 1 atom stereocenters. The summed E-state index contributed by atoms with van der Waals surface area (Å²) in [5.41, 5.74) is 2.01. The third kappa shape index (κ3) is 3.39. The van der Waals surface area contributed by atoms with E-state index >= 15 is 0 Å². The van der Waals surface area contributed by atoms with Gasteiger partial charge in [0.25, 0.3) is 5.91 Å². The second-order valence-electron chi connectivity index (χ2n) is 6.05. The Morgan fingerprint density at radius 1 is 1.27 bits per heavy atom. The van der Waals surface area contributed by atoms with E-state index in [2.05, 4.69) is 16.0 Å². The summed E-state index contributed by atoms with van der Waals surface area (Å²) in [6.45, 7) is 0.301. The van der Waals surface area contributed by atoms with Gasteiger partial charge in [0.2, 0.25) is 0 Å². The van der Waals surface area contributed by atoms with Crippen molar-refractivity contribution in [1.82, 2.24) is 5.32 Å². The zero-order chi connectivity index (χ0) is 18.1. The largest absolute Gasteiger partial charge is 0.488 e. The molecule has 26 heavy (non-hydrogen) atoms. The number of urea groups is 1. The normalized spacial score (nSPS) is 17.3. The molecule has 0 aliphatic carbocycles. The average Bonchev–Trinajstić information content (AvgIpc) is 3.04. The molecule has 2 heterocycles. The fraction of sp³-hybridized carbons (Fsp3) is 0.222. The molecule has 3 amide bonds. The molecule has 0 saturated carbocycles. The molecule has 4 rings (SSSR count). The molecule has 0 spiro atoms. The number of hydrogen-bond acceptors (Lipinski definition) is 4. The quantitative estimate of drug-likeness (QED) is 0.771. The summed E-state index contributed by atoms with van der Waals surface area (Å²) in [5, 5.41) is 8.42. The summed E-state index contributed by atoms with van der Waals surface area (Å²) in [7, 11) is 0. The van der Waals surface area contributed by atoms with E-state index in [1.54, 1.807) is 12.1 Å². The average molecular weight is 374 g/mol. The second-order valence-corrected chi connectivity index (χ2v) is 6.46. The van der Waals surface area contributed by atoms with Crippen molar-refractivity contribution in [3.63, 3.8) is 0 Å². The van der Waals surface area contributed by atoms with Gasteiger partial charge in [0.15, 0.2) is 6.61 Å². The number of anilines is 2. The van der Waals surface area contributed by atoms with Gasteiger partial charge >= 0.3 is 6.03 Å². The Kier molecular flexibility index (Phi) is 4.30. The van der Waals surface area contributed by atoms with Crippen molar-refractivity contribution < 1.29 is 19.1 Å². The third-order valence-corrected chi connectivity index (χ3v) is 4.47. The number of hydrogen-bond donors (Lipinski definition) is 3. The van der Waals surface area contributed by atoms with Crippen molar-refractivity contribution in [1.29, 1.82) is 0 Å². The van der Waals surface area contributed by atoms with E-state index in [4.69, 9.17) is 21.1 Å². The first-order valence-corrected chi connectivity index (χ1v) is 8.52. The first-order valence-electron chi connectivity index (χ1n) is 8.14. The van der Waals surface area contributed by atoms with E-state index in [9.17, 15) is 9.59 Å². The Bertz CT molecular complexity index is 862. The number of para-hydroxylation sites is 1. The van der Waals surface area contributed by atoms with Gasteiger partial charge < -0.3 is 25.4 Å². The number of rotatable bonds is 3. The SMILES string of the molecule is O=C1COc2cc(NC(=O)NCC3Cc4ccccc4O3)c(Cl)cc2N1. The molecule has 0 fully saturated rings. The highest BCUT2D eigenvalue weighted by molar-refractivity contribution is 6.34. The number of carbonyl (C=O) groups excluding carboxylic acids is 2. The Morgan fingerprint density at radius 2 is 2.12 bits per heavy atom. The van der Waals surface area contributed by atoms with Crippen LogP contribution in [0.15, 0.2) is 36.4 Å². The van der Waals surface area contributed by atoms with Crippen molar-refractivity contribution >= 4 is 34.9 Å². The number of nitrogens with one attached hydrogen (secondary N) is 3. The minimum Gasteiger partial charge on any atom is -0.488 e. The minimum absolute atomic E-state index is 0.0696. The zero-order valence-corrected chi connectivity index (χ0v) is 14.4. The van der Waals surface area contributed by atoms with Gasteiger partial charge in [-0.3, -0.25) is 4.79 Å². The van der Waals surface area contributed by atoms with E-state index in [1.807, 2.05) is 24.3 Å². The molecule has 2 aliphatic heterocycles. The van der Waals surface area contributed by atoms with Crippen LogP contribution in [0.5, 0.6) is 11.5 Å². The van der Waals surface area contributed by atoms with Gasteiger partial charge in [-0.25, -0.2) is 4.79 Å². The van der Waals surface area contributed by atoms with Gasteiger partial charge in [-0.15, -0.1) is 0 Å². The Hall–Kier alpha value is -2.93. The number of carbonyl (C=O) groups is 2. The van der Waals surface area contributed by atoms with E-state index in [0.717, 1.165) is 17.7 Å². The smallest absolute Gasteiger partial charge is 0.319 e. The number of benzene rings is 2. The lowest BCUT2D eigenvalue weighted by molar-refractivity contribution is -0.118. The molecule has 0 radical (unpaired) electrons.